The maximum absolute atomic E-state index is 12.4. The summed E-state index contributed by atoms with van der Waals surface area (Å²) in [7, 11) is 0. The smallest absolute Gasteiger partial charge is 0.389 e. The fourth-order valence-electron chi connectivity index (χ4n) is 2.96. The molecule has 1 aromatic heterocycles. The molecule has 2 atom stereocenters. The molecule has 2 rings (SSSR count). The summed E-state index contributed by atoms with van der Waals surface area (Å²) < 4.78 is 37.9. The van der Waals surface area contributed by atoms with Crippen molar-refractivity contribution in [3.05, 3.63) is 34.7 Å². The molecular formula is C17H22F3N3O4. The van der Waals surface area contributed by atoms with Gasteiger partial charge in [-0.25, -0.2) is 0 Å². The Balaban J connectivity index is 1.86. The summed E-state index contributed by atoms with van der Waals surface area (Å²) in [6, 6.07) is 4.02. The van der Waals surface area contributed by atoms with Gasteiger partial charge < -0.3 is 19.9 Å². The molecule has 2 heterocycles. The Labute approximate surface area is 153 Å². The van der Waals surface area contributed by atoms with Crippen LogP contribution in [0.2, 0.25) is 0 Å². The number of β-amino-alcohol motifs (C(OH)–C–C–N with tert-alkyl or cyclic N) is 1. The molecule has 7 nitrogen and oxygen atoms in total. The zero-order valence-electron chi connectivity index (χ0n) is 14.6. The van der Waals surface area contributed by atoms with Crippen molar-refractivity contribution in [2.45, 2.75) is 50.6 Å². The number of aryl methyl sites for hydroxylation is 1. The van der Waals surface area contributed by atoms with Crippen LogP contribution in [0.15, 0.2) is 29.2 Å². The molecule has 0 aliphatic carbocycles. The van der Waals surface area contributed by atoms with E-state index in [1.807, 2.05) is 0 Å². The zero-order chi connectivity index (χ0) is 20.0. The van der Waals surface area contributed by atoms with Gasteiger partial charge in [0.1, 0.15) is 0 Å². The average Bonchev–Trinajstić information content (AvgIpc) is 2.58. The largest absolute Gasteiger partial charge is 0.391 e. The third kappa shape index (κ3) is 7.05. The number of nitrogens with one attached hydrogen (secondary N) is 1. The molecule has 1 saturated heterocycles. The molecule has 0 aromatic carbocycles. The molecule has 2 N–H and O–H groups in total. The highest BCUT2D eigenvalue weighted by atomic mass is 19.4. The maximum Gasteiger partial charge on any atom is 0.389 e. The maximum atomic E-state index is 12.4. The summed E-state index contributed by atoms with van der Waals surface area (Å²) in [6.07, 6.45) is -5.45. The molecule has 0 unspecified atom stereocenters. The van der Waals surface area contributed by atoms with Gasteiger partial charge >= 0.3 is 6.18 Å². The molecule has 0 saturated carbocycles. The van der Waals surface area contributed by atoms with E-state index in [2.05, 4.69) is 5.32 Å². The summed E-state index contributed by atoms with van der Waals surface area (Å²) >= 11 is 0. The standard InChI is InChI=1S/C17H22F3N3O4/c18-17(19,20)6-4-14(25)21-12-9-13(24)11-23(10-12)16(27)5-8-22-7-2-1-3-15(22)26/h1-3,7,12-13,24H,4-6,8-11H2,(H,21,25)/t12-,13+/m0/s1. The van der Waals surface area contributed by atoms with Crippen molar-refractivity contribution < 1.29 is 27.9 Å². The quantitative estimate of drug-likeness (QED) is 0.748. The van der Waals surface area contributed by atoms with E-state index < -0.39 is 37.1 Å². The molecule has 1 aliphatic heterocycles. The Morgan fingerprint density at radius 1 is 1.22 bits per heavy atom. The molecule has 1 aliphatic rings. The monoisotopic (exact) mass is 389 g/mol. The number of piperidine rings is 1. The van der Waals surface area contributed by atoms with Gasteiger partial charge in [-0.3, -0.25) is 14.4 Å². The van der Waals surface area contributed by atoms with Crippen molar-refractivity contribution in [3.63, 3.8) is 0 Å². The average molecular weight is 389 g/mol. The Bertz CT molecular complexity index is 720. The molecule has 10 heteroatoms. The lowest BCUT2D eigenvalue weighted by Crippen LogP contribution is -2.54. The minimum Gasteiger partial charge on any atom is -0.391 e. The van der Waals surface area contributed by atoms with Crippen LogP contribution in [0.3, 0.4) is 0 Å². The van der Waals surface area contributed by atoms with Crippen molar-refractivity contribution >= 4 is 11.8 Å². The summed E-state index contributed by atoms with van der Waals surface area (Å²) in [6.45, 7) is 0.364. The van der Waals surface area contributed by atoms with E-state index in [4.69, 9.17) is 0 Å². The number of amides is 2. The summed E-state index contributed by atoms with van der Waals surface area (Å²) in [5, 5.41) is 12.4. The molecule has 150 valence electrons. The van der Waals surface area contributed by atoms with Crippen molar-refractivity contribution in [1.82, 2.24) is 14.8 Å². The number of aliphatic hydroxyl groups is 1. The summed E-state index contributed by atoms with van der Waals surface area (Å²) in [5.74, 6) is -1.08. The summed E-state index contributed by atoms with van der Waals surface area (Å²) in [4.78, 5) is 37.0. The Hall–Kier alpha value is -2.36. The zero-order valence-corrected chi connectivity index (χ0v) is 14.6. The first kappa shape index (κ1) is 20.9. The topological polar surface area (TPSA) is 91.6 Å². The van der Waals surface area contributed by atoms with Crippen molar-refractivity contribution in [2.24, 2.45) is 0 Å². The SMILES string of the molecule is O=C(CCC(F)(F)F)N[C@H]1C[C@@H](O)CN(C(=O)CCn2ccccc2=O)C1. The second kappa shape index (κ2) is 9.03. The fourth-order valence-corrected chi connectivity index (χ4v) is 2.96. The number of nitrogens with zero attached hydrogens (tertiary/aromatic N) is 2. The molecule has 2 amide bonds. The molecule has 0 radical (unpaired) electrons. The molecule has 1 fully saturated rings. The summed E-state index contributed by atoms with van der Waals surface area (Å²) in [5.41, 5.74) is -0.237. The third-order valence-electron chi connectivity index (χ3n) is 4.25. The van der Waals surface area contributed by atoms with Gasteiger partial charge in [0.2, 0.25) is 11.8 Å². The van der Waals surface area contributed by atoms with E-state index in [0.717, 1.165) is 0 Å². The number of hydrogen-bond acceptors (Lipinski definition) is 4. The van der Waals surface area contributed by atoms with Crippen LogP contribution >= 0.6 is 0 Å². The number of aromatic nitrogens is 1. The van der Waals surface area contributed by atoms with Gasteiger partial charge in [-0.15, -0.1) is 0 Å². The van der Waals surface area contributed by atoms with E-state index in [-0.39, 0.29) is 43.9 Å². The Morgan fingerprint density at radius 2 is 1.96 bits per heavy atom. The van der Waals surface area contributed by atoms with Crippen LogP contribution in [0.5, 0.6) is 0 Å². The van der Waals surface area contributed by atoms with Crippen LogP contribution in [0.4, 0.5) is 13.2 Å². The molecule has 1 aromatic rings. The number of hydrogen-bond donors (Lipinski definition) is 2. The van der Waals surface area contributed by atoms with Gasteiger partial charge in [-0.2, -0.15) is 13.2 Å². The van der Waals surface area contributed by atoms with Gasteiger partial charge in [0, 0.05) is 50.8 Å². The van der Waals surface area contributed by atoms with Crippen molar-refractivity contribution in [3.8, 4) is 0 Å². The first-order chi connectivity index (χ1) is 12.6. The van der Waals surface area contributed by atoms with Crippen LogP contribution in [0, 0.1) is 0 Å². The normalized spacial score (nSPS) is 20.4. The number of carbonyl (C=O) groups excluding carboxylic acids is 2. The van der Waals surface area contributed by atoms with Crippen molar-refractivity contribution in [1.29, 1.82) is 0 Å². The Morgan fingerprint density at radius 3 is 2.63 bits per heavy atom. The van der Waals surface area contributed by atoms with Gasteiger partial charge in [0.05, 0.1) is 12.5 Å². The van der Waals surface area contributed by atoms with E-state index in [0.29, 0.717) is 0 Å². The predicted molar refractivity (Wildman–Crippen MR) is 89.7 cm³/mol. The number of alkyl halides is 3. The minimum absolute atomic E-state index is 0.0331. The second-order valence-electron chi connectivity index (χ2n) is 6.55. The van der Waals surface area contributed by atoms with Gasteiger partial charge in [-0.1, -0.05) is 6.07 Å². The van der Waals surface area contributed by atoms with E-state index >= 15 is 0 Å². The fraction of sp³-hybridized carbons (Fsp3) is 0.588. The van der Waals surface area contributed by atoms with E-state index in [1.54, 1.807) is 18.3 Å². The highest BCUT2D eigenvalue weighted by Gasteiger charge is 2.31. The number of pyridine rings is 1. The van der Waals surface area contributed by atoms with Crippen LogP contribution in [0.1, 0.15) is 25.7 Å². The number of rotatable bonds is 6. The first-order valence-corrected chi connectivity index (χ1v) is 8.61. The highest BCUT2D eigenvalue weighted by Crippen LogP contribution is 2.21. The van der Waals surface area contributed by atoms with E-state index in [1.165, 1.54) is 15.5 Å². The lowest BCUT2D eigenvalue weighted by atomic mass is 10.0. The number of carbonyl (C=O) groups is 2. The number of aliphatic hydroxyl groups excluding tert-OH is 1. The van der Waals surface area contributed by atoms with Crippen LogP contribution < -0.4 is 10.9 Å². The number of likely N-dealkylation sites (tertiary alicyclic amines) is 1. The van der Waals surface area contributed by atoms with E-state index in [9.17, 15) is 32.7 Å². The molecule has 0 spiro atoms. The van der Waals surface area contributed by atoms with Crippen LogP contribution in [-0.4, -0.2) is 57.8 Å². The van der Waals surface area contributed by atoms with Crippen LogP contribution in [0.25, 0.3) is 0 Å². The highest BCUT2D eigenvalue weighted by molar-refractivity contribution is 5.78. The first-order valence-electron chi connectivity index (χ1n) is 8.61. The molecule has 27 heavy (non-hydrogen) atoms. The number of halogens is 3. The van der Waals surface area contributed by atoms with Gasteiger partial charge in [0.25, 0.3) is 5.56 Å². The lowest BCUT2D eigenvalue weighted by Gasteiger charge is -2.36. The Kier molecular flexibility index (Phi) is 7.00. The molecule has 0 bridgehead atoms. The minimum atomic E-state index is -4.42. The van der Waals surface area contributed by atoms with Crippen LogP contribution in [-0.2, 0) is 16.1 Å². The predicted octanol–water partition coefficient (Wildman–Crippen LogP) is 0.659. The second-order valence-corrected chi connectivity index (χ2v) is 6.55. The van der Waals surface area contributed by atoms with Gasteiger partial charge in [-0.05, 0) is 12.5 Å². The molecular weight excluding hydrogens is 367 g/mol. The third-order valence-corrected chi connectivity index (χ3v) is 4.25. The van der Waals surface area contributed by atoms with Crippen molar-refractivity contribution in [2.75, 3.05) is 13.1 Å². The lowest BCUT2D eigenvalue weighted by molar-refractivity contribution is -0.145. The van der Waals surface area contributed by atoms with Gasteiger partial charge in [0.15, 0.2) is 0 Å².